The van der Waals surface area contributed by atoms with Crippen LogP contribution in [0.15, 0.2) is 17.3 Å². The number of carboxylic acids is 1. The van der Waals surface area contributed by atoms with E-state index < -0.39 is 5.97 Å². The summed E-state index contributed by atoms with van der Waals surface area (Å²) in [7, 11) is 0. The number of nitrogens with zero attached hydrogens (tertiary/aromatic N) is 1. The van der Waals surface area contributed by atoms with Gasteiger partial charge in [0.05, 0.1) is 10.6 Å². The van der Waals surface area contributed by atoms with Crippen molar-refractivity contribution in [2.75, 3.05) is 0 Å². The van der Waals surface area contributed by atoms with E-state index >= 15 is 0 Å². The predicted octanol–water partition coefficient (Wildman–Crippen LogP) is 2.98. The molecule has 0 unspecified atom stereocenters. The summed E-state index contributed by atoms with van der Waals surface area (Å²) in [6.07, 6.45) is 1.42. The molecule has 0 aromatic carbocycles. The van der Waals surface area contributed by atoms with E-state index in [1.54, 1.807) is 18.7 Å². The molecule has 1 heterocycles. The zero-order valence-electron chi connectivity index (χ0n) is 9.37. The molecule has 0 saturated carbocycles. The summed E-state index contributed by atoms with van der Waals surface area (Å²) in [5.74, 6) is -0.924. The van der Waals surface area contributed by atoms with Gasteiger partial charge in [-0.15, -0.1) is 11.8 Å². The maximum Gasteiger partial charge on any atom is 0.337 e. The zero-order valence-corrected chi connectivity index (χ0v) is 10.2. The van der Waals surface area contributed by atoms with Crippen LogP contribution in [-0.2, 0) is 0 Å². The Hall–Kier alpha value is -1.03. The predicted molar refractivity (Wildman–Crippen MR) is 61.5 cm³/mol. The minimum absolute atomic E-state index is 0.0875. The molecule has 0 saturated heterocycles. The lowest BCUT2D eigenvalue weighted by atomic mass is 10.2. The highest BCUT2D eigenvalue weighted by molar-refractivity contribution is 8.00. The summed E-state index contributed by atoms with van der Waals surface area (Å²) in [6, 6.07) is 1.82. The second kappa shape index (κ2) is 4.23. The Morgan fingerprint density at radius 2 is 2.07 bits per heavy atom. The Morgan fingerprint density at radius 1 is 1.47 bits per heavy atom. The van der Waals surface area contributed by atoms with E-state index in [0.29, 0.717) is 0 Å². The summed E-state index contributed by atoms with van der Waals surface area (Å²) in [6.45, 7) is 8.08. The summed E-state index contributed by atoms with van der Waals surface area (Å²) in [5.41, 5.74) is 1.03. The van der Waals surface area contributed by atoms with E-state index in [2.05, 4.69) is 25.8 Å². The van der Waals surface area contributed by atoms with Crippen LogP contribution in [-0.4, -0.2) is 20.8 Å². The van der Waals surface area contributed by atoms with E-state index in [0.717, 1.165) is 10.6 Å². The van der Waals surface area contributed by atoms with Crippen LogP contribution in [0.5, 0.6) is 0 Å². The van der Waals surface area contributed by atoms with Gasteiger partial charge in [0, 0.05) is 10.9 Å². The fourth-order valence-electron chi connectivity index (χ4n) is 1.12. The van der Waals surface area contributed by atoms with Crippen molar-refractivity contribution < 1.29 is 9.90 Å². The Bertz CT molecular complexity index is 383. The Labute approximate surface area is 93.9 Å². The number of aryl methyl sites for hydroxylation is 1. The Balaban J connectivity index is 2.97. The van der Waals surface area contributed by atoms with Gasteiger partial charge >= 0.3 is 5.97 Å². The Kier molecular flexibility index (Phi) is 3.39. The highest BCUT2D eigenvalue weighted by atomic mass is 32.2. The zero-order chi connectivity index (χ0) is 11.6. The number of aromatic carboxylic acids is 1. The van der Waals surface area contributed by atoms with E-state index in [4.69, 9.17) is 5.11 Å². The quantitative estimate of drug-likeness (QED) is 0.786. The molecule has 0 aliphatic rings. The molecule has 0 aliphatic carbocycles. The number of hydrogen-bond donors (Lipinski definition) is 1. The van der Waals surface area contributed by atoms with Crippen LogP contribution in [0.25, 0.3) is 0 Å². The van der Waals surface area contributed by atoms with E-state index in [1.165, 1.54) is 6.20 Å². The maximum atomic E-state index is 10.8. The first-order valence-electron chi connectivity index (χ1n) is 4.68. The largest absolute Gasteiger partial charge is 0.478 e. The van der Waals surface area contributed by atoms with Crippen LogP contribution in [0, 0.1) is 6.92 Å². The van der Waals surface area contributed by atoms with Crippen molar-refractivity contribution in [3.8, 4) is 0 Å². The Morgan fingerprint density at radius 3 is 2.47 bits per heavy atom. The average molecular weight is 225 g/mol. The number of hydrogen-bond acceptors (Lipinski definition) is 3. The first kappa shape index (κ1) is 12.0. The summed E-state index contributed by atoms with van der Waals surface area (Å²) in [5, 5.41) is 9.71. The van der Waals surface area contributed by atoms with Crippen molar-refractivity contribution in [3.63, 3.8) is 0 Å². The van der Waals surface area contributed by atoms with Gasteiger partial charge in [0.2, 0.25) is 0 Å². The fraction of sp³-hybridized carbons (Fsp3) is 0.455. The molecule has 0 fully saturated rings. The number of aromatic nitrogens is 1. The van der Waals surface area contributed by atoms with Crippen molar-refractivity contribution in [1.82, 2.24) is 4.98 Å². The van der Waals surface area contributed by atoms with Gasteiger partial charge in [-0.1, -0.05) is 20.8 Å². The van der Waals surface area contributed by atoms with E-state index in [9.17, 15) is 4.79 Å². The molecule has 1 aromatic heterocycles. The van der Waals surface area contributed by atoms with Gasteiger partial charge in [0.15, 0.2) is 0 Å². The van der Waals surface area contributed by atoms with Crippen molar-refractivity contribution in [2.45, 2.75) is 37.5 Å². The van der Waals surface area contributed by atoms with Gasteiger partial charge < -0.3 is 5.11 Å². The van der Waals surface area contributed by atoms with Crippen LogP contribution in [0.4, 0.5) is 0 Å². The minimum Gasteiger partial charge on any atom is -0.478 e. The molecule has 0 aliphatic heterocycles. The standard InChI is InChI=1S/C11H15NO2S/c1-7-5-9(15-11(2,3)4)12-6-8(7)10(13)14/h5-6H,1-4H3,(H,13,14). The van der Waals surface area contributed by atoms with Crippen LogP contribution in [0.2, 0.25) is 0 Å². The van der Waals surface area contributed by atoms with Crippen LogP contribution >= 0.6 is 11.8 Å². The number of pyridine rings is 1. The molecule has 4 heteroatoms. The third kappa shape index (κ3) is 3.55. The van der Waals surface area contributed by atoms with Gasteiger partial charge in [-0.3, -0.25) is 0 Å². The molecule has 1 aromatic rings. The normalized spacial score (nSPS) is 11.5. The number of thioether (sulfide) groups is 1. The third-order valence-corrected chi connectivity index (χ3v) is 2.77. The van der Waals surface area contributed by atoms with Crippen molar-refractivity contribution >= 4 is 17.7 Å². The topological polar surface area (TPSA) is 50.2 Å². The second-order valence-electron chi connectivity index (χ2n) is 4.36. The lowest BCUT2D eigenvalue weighted by Gasteiger charge is -2.17. The van der Waals surface area contributed by atoms with Crippen LogP contribution < -0.4 is 0 Å². The molecule has 3 nitrogen and oxygen atoms in total. The fourth-order valence-corrected chi connectivity index (χ4v) is 2.09. The van der Waals surface area contributed by atoms with E-state index in [-0.39, 0.29) is 10.3 Å². The van der Waals surface area contributed by atoms with Crippen molar-refractivity contribution in [2.24, 2.45) is 0 Å². The smallest absolute Gasteiger partial charge is 0.337 e. The average Bonchev–Trinajstić information content (AvgIpc) is 1.99. The molecular formula is C11H15NO2S. The van der Waals surface area contributed by atoms with Gasteiger partial charge in [-0.25, -0.2) is 9.78 Å². The summed E-state index contributed by atoms with van der Waals surface area (Å²) < 4.78 is 0.0875. The third-order valence-electron chi connectivity index (χ3n) is 1.73. The molecule has 0 bridgehead atoms. The lowest BCUT2D eigenvalue weighted by molar-refractivity contribution is 0.0695. The molecule has 82 valence electrons. The molecule has 0 spiro atoms. The van der Waals surface area contributed by atoms with E-state index in [1.807, 2.05) is 6.07 Å². The van der Waals surface area contributed by atoms with Crippen molar-refractivity contribution in [3.05, 3.63) is 23.4 Å². The molecular weight excluding hydrogens is 210 g/mol. The van der Waals surface area contributed by atoms with Gasteiger partial charge in [0.1, 0.15) is 0 Å². The first-order valence-corrected chi connectivity index (χ1v) is 5.50. The second-order valence-corrected chi connectivity index (χ2v) is 6.20. The molecule has 1 N–H and O–H groups in total. The first-order chi connectivity index (χ1) is 6.79. The van der Waals surface area contributed by atoms with Gasteiger partial charge in [-0.2, -0.15) is 0 Å². The van der Waals surface area contributed by atoms with Crippen molar-refractivity contribution in [1.29, 1.82) is 0 Å². The monoisotopic (exact) mass is 225 g/mol. The lowest BCUT2D eigenvalue weighted by Crippen LogP contribution is -2.08. The maximum absolute atomic E-state index is 10.8. The van der Waals surface area contributed by atoms with Crippen LogP contribution in [0.1, 0.15) is 36.7 Å². The van der Waals surface area contributed by atoms with Crippen LogP contribution in [0.3, 0.4) is 0 Å². The van der Waals surface area contributed by atoms with Gasteiger partial charge in [-0.05, 0) is 18.6 Å². The number of carboxylic acid groups (broad SMARTS) is 1. The molecule has 15 heavy (non-hydrogen) atoms. The summed E-state index contributed by atoms with van der Waals surface area (Å²) >= 11 is 1.63. The minimum atomic E-state index is -0.924. The number of carbonyl (C=O) groups is 1. The highest BCUT2D eigenvalue weighted by Gasteiger charge is 2.15. The SMILES string of the molecule is Cc1cc(SC(C)(C)C)ncc1C(=O)O. The summed E-state index contributed by atoms with van der Waals surface area (Å²) in [4.78, 5) is 14.9. The van der Waals surface area contributed by atoms with Gasteiger partial charge in [0.25, 0.3) is 0 Å². The molecule has 0 radical (unpaired) electrons. The molecule has 0 amide bonds. The molecule has 0 atom stereocenters. The highest BCUT2D eigenvalue weighted by Crippen LogP contribution is 2.30. The molecule has 1 rings (SSSR count). The number of rotatable bonds is 2.